The van der Waals surface area contributed by atoms with E-state index in [-0.39, 0.29) is 18.4 Å². The van der Waals surface area contributed by atoms with E-state index >= 15 is 0 Å². The molecule has 3 aromatic carbocycles. The Hall–Kier alpha value is -3.60. The summed E-state index contributed by atoms with van der Waals surface area (Å²) in [4.78, 5) is 38.1. The highest BCUT2D eigenvalue weighted by molar-refractivity contribution is 6.36. The molecule has 0 aliphatic carbocycles. The zero-order valence-electron chi connectivity index (χ0n) is 16.4. The van der Waals surface area contributed by atoms with Gasteiger partial charge in [-0.2, -0.15) is 4.91 Å². The first-order chi connectivity index (χ1) is 13.9. The molecule has 0 bridgehead atoms. The molecule has 4 rings (SSSR count). The fraction of sp³-hybridized carbons (Fsp3) is 0.167. The molecule has 0 unspecified atom stereocenters. The SMILES string of the molecule is C=C(C)c1ccc2c3c(ccc(C)c13)C(=O)N(c1ccc(CCN=O)cc1)C2=O. The van der Waals surface area contributed by atoms with E-state index in [2.05, 4.69) is 11.8 Å². The normalized spacial score (nSPS) is 13.1. The lowest BCUT2D eigenvalue weighted by molar-refractivity contribution is 0.0893. The van der Waals surface area contributed by atoms with Crippen LogP contribution in [0.2, 0.25) is 0 Å². The molecule has 0 N–H and O–H groups in total. The Balaban J connectivity index is 1.86. The van der Waals surface area contributed by atoms with Crippen molar-refractivity contribution < 1.29 is 9.59 Å². The number of carbonyl (C=O) groups excluding carboxylic acids is 2. The second-order valence-corrected chi connectivity index (χ2v) is 7.34. The van der Waals surface area contributed by atoms with Gasteiger partial charge in [0.1, 0.15) is 0 Å². The summed E-state index contributed by atoms with van der Waals surface area (Å²) in [5.74, 6) is -0.678. The fourth-order valence-corrected chi connectivity index (χ4v) is 3.93. The Morgan fingerprint density at radius 3 is 2.14 bits per heavy atom. The molecule has 0 radical (unpaired) electrons. The van der Waals surface area contributed by atoms with Crippen LogP contribution in [-0.2, 0) is 6.42 Å². The Bertz CT molecular complexity index is 1170. The Morgan fingerprint density at radius 1 is 0.931 bits per heavy atom. The van der Waals surface area contributed by atoms with Crippen molar-refractivity contribution in [3.05, 3.63) is 87.8 Å². The molecule has 29 heavy (non-hydrogen) atoms. The Labute approximate surface area is 168 Å². The van der Waals surface area contributed by atoms with Crippen LogP contribution >= 0.6 is 0 Å². The van der Waals surface area contributed by atoms with Gasteiger partial charge in [0.2, 0.25) is 0 Å². The average molecular weight is 384 g/mol. The number of amides is 2. The van der Waals surface area contributed by atoms with Gasteiger partial charge < -0.3 is 0 Å². The summed E-state index contributed by atoms with van der Waals surface area (Å²) >= 11 is 0. The van der Waals surface area contributed by atoms with Crippen molar-refractivity contribution in [3.8, 4) is 0 Å². The maximum absolute atomic E-state index is 13.3. The molecule has 0 atom stereocenters. The molecule has 1 aliphatic rings. The Morgan fingerprint density at radius 2 is 1.55 bits per heavy atom. The molecule has 1 heterocycles. The first-order valence-corrected chi connectivity index (χ1v) is 9.43. The Kier molecular flexibility index (Phi) is 4.59. The first kappa shape index (κ1) is 18.7. The van der Waals surface area contributed by atoms with Crippen molar-refractivity contribution >= 4 is 33.8 Å². The third-order valence-corrected chi connectivity index (χ3v) is 5.38. The number of imide groups is 1. The van der Waals surface area contributed by atoms with Crippen molar-refractivity contribution in [1.82, 2.24) is 0 Å². The minimum atomic E-state index is -0.339. The summed E-state index contributed by atoms with van der Waals surface area (Å²) in [6.07, 6.45) is 0.525. The predicted octanol–water partition coefficient (Wildman–Crippen LogP) is 5.29. The van der Waals surface area contributed by atoms with Gasteiger partial charge in [0.05, 0.1) is 12.2 Å². The summed E-state index contributed by atoms with van der Waals surface area (Å²) in [5.41, 5.74) is 5.30. The van der Waals surface area contributed by atoms with Gasteiger partial charge in [0.15, 0.2) is 0 Å². The van der Waals surface area contributed by atoms with Gasteiger partial charge in [-0.05, 0) is 66.6 Å². The van der Waals surface area contributed by atoms with Crippen molar-refractivity contribution in [2.75, 3.05) is 11.4 Å². The van der Waals surface area contributed by atoms with E-state index in [1.807, 2.05) is 38.1 Å². The van der Waals surface area contributed by atoms with E-state index in [0.717, 1.165) is 27.6 Å². The van der Waals surface area contributed by atoms with E-state index in [0.29, 0.717) is 28.6 Å². The number of nitroso groups, excluding NO2 is 1. The molecule has 5 heteroatoms. The zero-order chi connectivity index (χ0) is 20.7. The largest absolute Gasteiger partial charge is 0.268 e. The molecule has 0 aromatic heterocycles. The molecule has 144 valence electrons. The van der Waals surface area contributed by atoms with Gasteiger partial charge in [-0.1, -0.05) is 41.6 Å². The minimum absolute atomic E-state index is 0.195. The highest BCUT2D eigenvalue weighted by Gasteiger charge is 2.34. The highest BCUT2D eigenvalue weighted by atomic mass is 16.3. The van der Waals surface area contributed by atoms with E-state index in [9.17, 15) is 14.5 Å². The van der Waals surface area contributed by atoms with Crippen molar-refractivity contribution in [3.63, 3.8) is 0 Å². The third-order valence-electron chi connectivity index (χ3n) is 5.38. The van der Waals surface area contributed by atoms with Crippen LogP contribution < -0.4 is 4.90 Å². The summed E-state index contributed by atoms with van der Waals surface area (Å²) in [6, 6.07) is 14.5. The molecule has 3 aromatic rings. The average Bonchev–Trinajstić information content (AvgIpc) is 2.72. The van der Waals surface area contributed by atoms with Gasteiger partial charge >= 0.3 is 0 Å². The molecule has 2 amide bonds. The number of aryl methyl sites for hydroxylation is 1. The monoisotopic (exact) mass is 384 g/mol. The molecular formula is C24H20N2O3. The van der Waals surface area contributed by atoms with Gasteiger partial charge in [-0.25, -0.2) is 4.90 Å². The number of hydrogen-bond donors (Lipinski definition) is 0. The second kappa shape index (κ2) is 7.09. The van der Waals surface area contributed by atoms with Crippen LogP contribution in [0.5, 0.6) is 0 Å². The molecule has 0 saturated carbocycles. The highest BCUT2D eigenvalue weighted by Crippen LogP contribution is 2.37. The lowest BCUT2D eigenvalue weighted by Gasteiger charge is -2.28. The lowest BCUT2D eigenvalue weighted by Crippen LogP contribution is -2.40. The fourth-order valence-electron chi connectivity index (χ4n) is 3.93. The minimum Gasteiger partial charge on any atom is -0.268 e. The van der Waals surface area contributed by atoms with E-state index in [1.54, 1.807) is 24.3 Å². The number of benzene rings is 3. The molecular weight excluding hydrogens is 364 g/mol. The predicted molar refractivity (Wildman–Crippen MR) is 115 cm³/mol. The number of rotatable bonds is 5. The van der Waals surface area contributed by atoms with Crippen molar-refractivity contribution in [2.24, 2.45) is 5.18 Å². The standard InChI is InChI=1S/C24H20N2O3/c1-14(2)18-10-11-20-22-19(9-4-15(3)21(18)22)23(27)26(24(20)28)17-7-5-16(6-8-17)12-13-25-29/h4-11H,1,12-13H2,2-3H3. The van der Waals surface area contributed by atoms with Crippen LogP contribution in [0.3, 0.4) is 0 Å². The van der Waals surface area contributed by atoms with Crippen molar-refractivity contribution in [1.29, 1.82) is 0 Å². The molecule has 0 saturated heterocycles. The van der Waals surface area contributed by atoms with E-state index < -0.39 is 0 Å². The second-order valence-electron chi connectivity index (χ2n) is 7.34. The number of carbonyl (C=O) groups is 2. The third kappa shape index (κ3) is 2.95. The smallest absolute Gasteiger partial charge is 0.265 e. The number of nitrogens with zero attached hydrogens (tertiary/aromatic N) is 2. The first-order valence-electron chi connectivity index (χ1n) is 9.43. The van der Waals surface area contributed by atoms with Crippen LogP contribution in [0.4, 0.5) is 5.69 Å². The summed E-state index contributed by atoms with van der Waals surface area (Å²) < 4.78 is 0. The molecule has 5 nitrogen and oxygen atoms in total. The van der Waals surface area contributed by atoms with E-state index in [4.69, 9.17) is 0 Å². The van der Waals surface area contributed by atoms with Crippen LogP contribution in [0.1, 0.15) is 44.3 Å². The molecule has 1 aliphatic heterocycles. The van der Waals surface area contributed by atoms with Gasteiger partial charge in [-0.15, -0.1) is 0 Å². The van der Waals surface area contributed by atoms with E-state index in [1.165, 1.54) is 4.90 Å². The maximum Gasteiger partial charge on any atom is 0.265 e. The van der Waals surface area contributed by atoms with Crippen LogP contribution in [0, 0.1) is 11.8 Å². The topological polar surface area (TPSA) is 66.8 Å². The zero-order valence-corrected chi connectivity index (χ0v) is 16.4. The quantitative estimate of drug-likeness (QED) is 0.443. The lowest BCUT2D eigenvalue weighted by atomic mass is 9.87. The van der Waals surface area contributed by atoms with Crippen LogP contribution in [0.15, 0.2) is 60.3 Å². The summed E-state index contributed by atoms with van der Waals surface area (Å²) in [5, 5.41) is 4.47. The maximum atomic E-state index is 13.3. The van der Waals surface area contributed by atoms with Gasteiger partial charge in [0.25, 0.3) is 11.8 Å². The van der Waals surface area contributed by atoms with Crippen LogP contribution in [-0.4, -0.2) is 18.4 Å². The van der Waals surface area contributed by atoms with Gasteiger partial charge in [0, 0.05) is 16.5 Å². The van der Waals surface area contributed by atoms with Crippen molar-refractivity contribution in [2.45, 2.75) is 20.3 Å². The number of allylic oxidation sites excluding steroid dienone is 1. The summed E-state index contributed by atoms with van der Waals surface area (Å²) in [7, 11) is 0. The molecule has 0 fully saturated rings. The van der Waals surface area contributed by atoms with Crippen LogP contribution in [0.25, 0.3) is 16.3 Å². The summed E-state index contributed by atoms with van der Waals surface area (Å²) in [6.45, 7) is 8.13. The molecule has 0 spiro atoms. The number of anilines is 1. The van der Waals surface area contributed by atoms with Gasteiger partial charge in [-0.3, -0.25) is 9.59 Å². The number of hydrogen-bond acceptors (Lipinski definition) is 4.